The summed E-state index contributed by atoms with van der Waals surface area (Å²) in [5.74, 6) is 0.576. The van der Waals surface area contributed by atoms with Gasteiger partial charge >= 0.3 is 6.09 Å². The minimum Gasteiger partial charge on any atom is -0.410 e. The Morgan fingerprint density at radius 3 is 2.50 bits per heavy atom. The Morgan fingerprint density at radius 2 is 1.89 bits per heavy atom. The third kappa shape index (κ3) is 3.49. The van der Waals surface area contributed by atoms with Crippen LogP contribution in [0.1, 0.15) is 23.1 Å². The molecule has 18 heavy (non-hydrogen) atoms. The Labute approximate surface area is 108 Å². The minimum atomic E-state index is -0.434. The van der Waals surface area contributed by atoms with Gasteiger partial charge in [-0.1, -0.05) is 6.07 Å². The lowest BCUT2D eigenvalue weighted by atomic mass is 10.1. The van der Waals surface area contributed by atoms with Gasteiger partial charge in [-0.3, -0.25) is 0 Å². The van der Waals surface area contributed by atoms with Gasteiger partial charge in [0, 0.05) is 13.6 Å². The maximum absolute atomic E-state index is 11.8. The van der Waals surface area contributed by atoms with Crippen LogP contribution in [-0.2, 0) is 0 Å². The van der Waals surface area contributed by atoms with Crippen LogP contribution in [0.3, 0.4) is 0 Å². The van der Waals surface area contributed by atoms with E-state index in [-0.39, 0.29) is 0 Å². The summed E-state index contributed by atoms with van der Waals surface area (Å²) in [6.07, 6.45) is -0.131. The molecule has 0 aliphatic carbocycles. The van der Waals surface area contributed by atoms with E-state index in [2.05, 4.69) is 0 Å². The molecule has 0 N–H and O–H groups in total. The largest absolute Gasteiger partial charge is 0.415 e. The van der Waals surface area contributed by atoms with Gasteiger partial charge in [0.2, 0.25) is 0 Å². The summed E-state index contributed by atoms with van der Waals surface area (Å²) in [6.45, 7) is 6.28. The third-order valence-corrected chi connectivity index (χ3v) is 2.86. The second kappa shape index (κ2) is 6.06. The monoisotopic (exact) mass is 246 g/mol. The number of benzene rings is 1. The van der Waals surface area contributed by atoms with Crippen LogP contribution in [0.15, 0.2) is 12.1 Å². The minimum absolute atomic E-state index is 0.303. The first-order chi connectivity index (χ1) is 8.45. The third-order valence-electron chi connectivity index (χ3n) is 2.86. The molecule has 4 nitrogen and oxygen atoms in total. The topological polar surface area (TPSA) is 53.3 Å². The second-order valence-corrected chi connectivity index (χ2v) is 4.40. The number of carbonyl (C=O) groups excluding carboxylic acids is 1. The SMILES string of the molecule is Cc1cc(C)c(OC(=O)N(C)CCC#N)cc1C. The van der Waals surface area contributed by atoms with E-state index in [1.165, 1.54) is 10.5 Å². The number of aryl methyl sites for hydroxylation is 3. The van der Waals surface area contributed by atoms with E-state index in [1.807, 2.05) is 39.0 Å². The van der Waals surface area contributed by atoms with E-state index >= 15 is 0 Å². The van der Waals surface area contributed by atoms with Gasteiger partial charge < -0.3 is 9.64 Å². The summed E-state index contributed by atoms with van der Waals surface area (Å²) < 4.78 is 5.32. The lowest BCUT2D eigenvalue weighted by Crippen LogP contribution is -2.30. The maximum Gasteiger partial charge on any atom is 0.415 e. The molecule has 0 bridgehead atoms. The summed E-state index contributed by atoms with van der Waals surface area (Å²) >= 11 is 0. The number of hydrogen-bond acceptors (Lipinski definition) is 3. The standard InChI is InChI=1S/C14H18N2O2/c1-10-8-12(3)13(9-11(10)2)18-14(17)16(4)7-5-6-15/h8-9H,5,7H2,1-4H3. The zero-order valence-corrected chi connectivity index (χ0v) is 11.3. The molecule has 4 heteroatoms. The van der Waals surface area contributed by atoms with Gasteiger partial charge in [0.25, 0.3) is 0 Å². The lowest BCUT2D eigenvalue weighted by molar-refractivity contribution is 0.163. The first-order valence-electron chi connectivity index (χ1n) is 5.83. The molecular weight excluding hydrogens is 228 g/mol. The fourth-order valence-electron chi connectivity index (χ4n) is 1.52. The van der Waals surface area contributed by atoms with Gasteiger partial charge in [0.05, 0.1) is 12.5 Å². The molecule has 0 aromatic heterocycles. The van der Waals surface area contributed by atoms with Crippen molar-refractivity contribution in [3.05, 3.63) is 28.8 Å². The van der Waals surface area contributed by atoms with Crippen molar-refractivity contribution >= 4 is 6.09 Å². The van der Waals surface area contributed by atoms with Crippen LogP contribution >= 0.6 is 0 Å². The molecule has 1 rings (SSSR count). The quantitative estimate of drug-likeness (QED) is 0.823. The first kappa shape index (κ1) is 14.0. The summed E-state index contributed by atoms with van der Waals surface area (Å²) in [5, 5.41) is 8.47. The van der Waals surface area contributed by atoms with Crippen molar-refractivity contribution in [3.8, 4) is 11.8 Å². The molecule has 0 unspecified atom stereocenters. The average molecular weight is 246 g/mol. The number of hydrogen-bond donors (Lipinski definition) is 0. The van der Waals surface area contributed by atoms with Gasteiger partial charge in [0.1, 0.15) is 5.75 Å². The number of rotatable bonds is 3. The average Bonchev–Trinajstić information content (AvgIpc) is 2.32. The second-order valence-electron chi connectivity index (χ2n) is 4.40. The zero-order chi connectivity index (χ0) is 13.7. The molecule has 0 fully saturated rings. The van der Waals surface area contributed by atoms with Crippen LogP contribution in [0.4, 0.5) is 4.79 Å². The normalized spacial score (nSPS) is 9.72. The van der Waals surface area contributed by atoms with Gasteiger partial charge in [0.15, 0.2) is 0 Å². The van der Waals surface area contributed by atoms with Crippen molar-refractivity contribution in [1.29, 1.82) is 5.26 Å². The Balaban J connectivity index is 2.76. The van der Waals surface area contributed by atoms with E-state index in [1.54, 1.807) is 7.05 Å². The molecule has 0 saturated carbocycles. The molecule has 1 aromatic carbocycles. The molecule has 0 aliphatic heterocycles. The molecule has 1 aromatic rings. The summed E-state index contributed by atoms with van der Waals surface area (Å²) in [4.78, 5) is 13.2. The molecule has 1 amide bonds. The highest BCUT2D eigenvalue weighted by molar-refractivity contribution is 5.71. The highest BCUT2D eigenvalue weighted by atomic mass is 16.6. The molecule has 0 spiro atoms. The van der Waals surface area contributed by atoms with E-state index in [4.69, 9.17) is 10.00 Å². The van der Waals surface area contributed by atoms with Crippen molar-refractivity contribution in [2.24, 2.45) is 0 Å². The molecule has 0 radical (unpaired) electrons. The molecular formula is C14H18N2O2. The van der Waals surface area contributed by atoms with Gasteiger partial charge in [-0.2, -0.15) is 5.26 Å². The van der Waals surface area contributed by atoms with Crippen molar-refractivity contribution in [1.82, 2.24) is 4.90 Å². The van der Waals surface area contributed by atoms with Crippen LogP contribution in [0.5, 0.6) is 5.75 Å². The Hall–Kier alpha value is -2.02. The predicted molar refractivity (Wildman–Crippen MR) is 69.5 cm³/mol. The van der Waals surface area contributed by atoms with Crippen LogP contribution < -0.4 is 4.74 Å². The summed E-state index contributed by atoms with van der Waals surface area (Å²) in [6, 6.07) is 5.85. The van der Waals surface area contributed by atoms with E-state index in [9.17, 15) is 4.79 Å². The van der Waals surface area contributed by atoms with E-state index in [0.717, 1.165) is 11.1 Å². The smallest absolute Gasteiger partial charge is 0.410 e. The Kier molecular flexibility index (Phi) is 4.73. The highest BCUT2D eigenvalue weighted by Gasteiger charge is 2.13. The zero-order valence-electron chi connectivity index (χ0n) is 11.3. The lowest BCUT2D eigenvalue weighted by Gasteiger charge is -2.17. The summed E-state index contributed by atoms with van der Waals surface area (Å²) in [5.41, 5.74) is 3.19. The highest BCUT2D eigenvalue weighted by Crippen LogP contribution is 2.22. The van der Waals surface area contributed by atoms with Crippen molar-refractivity contribution in [2.75, 3.05) is 13.6 Å². The predicted octanol–water partition coefficient (Wildman–Crippen LogP) is 2.96. The molecule has 0 aliphatic rings. The fraction of sp³-hybridized carbons (Fsp3) is 0.429. The Morgan fingerprint density at radius 1 is 1.28 bits per heavy atom. The van der Waals surface area contributed by atoms with Gasteiger partial charge in [-0.15, -0.1) is 0 Å². The summed E-state index contributed by atoms with van der Waals surface area (Å²) in [7, 11) is 1.62. The number of carbonyl (C=O) groups is 1. The first-order valence-corrected chi connectivity index (χ1v) is 5.83. The maximum atomic E-state index is 11.8. The van der Waals surface area contributed by atoms with E-state index in [0.29, 0.717) is 18.7 Å². The van der Waals surface area contributed by atoms with Crippen molar-refractivity contribution < 1.29 is 9.53 Å². The van der Waals surface area contributed by atoms with Crippen molar-refractivity contribution in [3.63, 3.8) is 0 Å². The van der Waals surface area contributed by atoms with Crippen molar-refractivity contribution in [2.45, 2.75) is 27.2 Å². The van der Waals surface area contributed by atoms with Gasteiger partial charge in [-0.05, 0) is 43.5 Å². The van der Waals surface area contributed by atoms with Crippen LogP contribution in [0.2, 0.25) is 0 Å². The number of amides is 1. The van der Waals surface area contributed by atoms with Crippen LogP contribution in [0, 0.1) is 32.1 Å². The number of nitriles is 1. The molecule has 0 saturated heterocycles. The number of nitrogens with zero attached hydrogens (tertiary/aromatic N) is 2. The van der Waals surface area contributed by atoms with E-state index < -0.39 is 6.09 Å². The van der Waals surface area contributed by atoms with Gasteiger partial charge in [-0.25, -0.2) is 4.79 Å². The fourth-order valence-corrected chi connectivity index (χ4v) is 1.52. The molecule has 0 heterocycles. The van der Waals surface area contributed by atoms with Crippen LogP contribution in [-0.4, -0.2) is 24.6 Å². The molecule has 0 atom stereocenters. The number of ether oxygens (including phenoxy) is 1. The Bertz CT molecular complexity index is 489. The molecule has 96 valence electrons. The van der Waals surface area contributed by atoms with Crippen LogP contribution in [0.25, 0.3) is 0 Å².